The first-order valence-corrected chi connectivity index (χ1v) is 6.83. The van der Waals surface area contributed by atoms with Crippen molar-refractivity contribution in [3.05, 3.63) is 57.8 Å². The molecule has 0 spiro atoms. The fourth-order valence-electron chi connectivity index (χ4n) is 1.99. The minimum atomic E-state index is -0.523. The standard InChI is InChI=1S/C14H15F2NS/c1-2-17-14(11-3-4-18-9-11)7-10-5-12(15)8-13(16)6-10/h3-6,8-9,14,17H,2,7H2,1H3. The Hall–Kier alpha value is -1.26. The molecule has 0 amide bonds. The zero-order valence-corrected chi connectivity index (χ0v) is 10.9. The Balaban J connectivity index is 2.18. The number of thiophene rings is 1. The number of rotatable bonds is 5. The van der Waals surface area contributed by atoms with Gasteiger partial charge in [-0.05, 0) is 53.1 Å². The average molecular weight is 267 g/mol. The molecule has 1 N–H and O–H groups in total. The number of hydrogen-bond acceptors (Lipinski definition) is 2. The highest BCUT2D eigenvalue weighted by molar-refractivity contribution is 7.07. The van der Waals surface area contributed by atoms with E-state index in [1.165, 1.54) is 12.1 Å². The fraction of sp³-hybridized carbons (Fsp3) is 0.286. The second-order valence-corrected chi connectivity index (χ2v) is 4.93. The summed E-state index contributed by atoms with van der Waals surface area (Å²) >= 11 is 1.62. The molecule has 0 fully saturated rings. The molecule has 18 heavy (non-hydrogen) atoms. The van der Waals surface area contributed by atoms with Crippen molar-refractivity contribution >= 4 is 11.3 Å². The highest BCUT2D eigenvalue weighted by Gasteiger charge is 2.12. The lowest BCUT2D eigenvalue weighted by Crippen LogP contribution is -2.22. The maximum atomic E-state index is 13.1. The van der Waals surface area contributed by atoms with Gasteiger partial charge in [-0.15, -0.1) is 0 Å². The van der Waals surface area contributed by atoms with Gasteiger partial charge in [0.05, 0.1) is 0 Å². The molecule has 1 aromatic carbocycles. The zero-order valence-electron chi connectivity index (χ0n) is 10.1. The molecule has 1 atom stereocenters. The van der Waals surface area contributed by atoms with E-state index in [2.05, 4.69) is 10.7 Å². The van der Waals surface area contributed by atoms with Crippen molar-refractivity contribution in [1.29, 1.82) is 0 Å². The van der Waals surface area contributed by atoms with Gasteiger partial charge >= 0.3 is 0 Å². The van der Waals surface area contributed by atoms with E-state index in [4.69, 9.17) is 0 Å². The molecule has 96 valence electrons. The molecule has 0 saturated carbocycles. The van der Waals surface area contributed by atoms with Gasteiger partial charge in [-0.25, -0.2) is 8.78 Å². The summed E-state index contributed by atoms with van der Waals surface area (Å²) in [7, 11) is 0. The molecule has 4 heteroatoms. The molecule has 0 aliphatic rings. The van der Waals surface area contributed by atoms with E-state index in [1.54, 1.807) is 11.3 Å². The molecule has 0 aliphatic heterocycles. The van der Waals surface area contributed by atoms with Crippen molar-refractivity contribution in [2.75, 3.05) is 6.54 Å². The lowest BCUT2D eigenvalue weighted by Gasteiger charge is -2.17. The first-order valence-electron chi connectivity index (χ1n) is 5.89. The van der Waals surface area contributed by atoms with Crippen molar-refractivity contribution < 1.29 is 8.78 Å². The summed E-state index contributed by atoms with van der Waals surface area (Å²) in [6.07, 6.45) is 0.583. The van der Waals surface area contributed by atoms with Crippen molar-refractivity contribution in [3.8, 4) is 0 Å². The van der Waals surface area contributed by atoms with Gasteiger partial charge in [-0.2, -0.15) is 11.3 Å². The fourth-order valence-corrected chi connectivity index (χ4v) is 2.71. The number of halogens is 2. The summed E-state index contributed by atoms with van der Waals surface area (Å²) in [5.41, 5.74) is 1.83. The van der Waals surface area contributed by atoms with Crippen molar-refractivity contribution in [2.24, 2.45) is 0 Å². The molecule has 0 radical (unpaired) electrons. The second kappa shape index (κ2) is 6.07. The van der Waals surface area contributed by atoms with Crippen LogP contribution in [0.25, 0.3) is 0 Å². The normalized spacial score (nSPS) is 12.6. The third-order valence-electron chi connectivity index (χ3n) is 2.76. The van der Waals surface area contributed by atoms with Crippen molar-refractivity contribution in [2.45, 2.75) is 19.4 Å². The van der Waals surface area contributed by atoms with Crippen LogP contribution in [-0.2, 0) is 6.42 Å². The predicted octanol–water partition coefficient (Wildman–Crippen LogP) is 3.92. The molecule has 0 saturated heterocycles. The van der Waals surface area contributed by atoms with Crippen LogP contribution in [0.3, 0.4) is 0 Å². The van der Waals surface area contributed by atoms with Gasteiger partial charge in [0.15, 0.2) is 0 Å². The monoisotopic (exact) mass is 267 g/mol. The van der Waals surface area contributed by atoms with Crippen LogP contribution in [0.1, 0.15) is 24.1 Å². The molecular formula is C14H15F2NS. The van der Waals surface area contributed by atoms with Crippen LogP contribution in [0, 0.1) is 11.6 Å². The van der Waals surface area contributed by atoms with Crippen molar-refractivity contribution in [1.82, 2.24) is 5.32 Å². The maximum Gasteiger partial charge on any atom is 0.126 e. The van der Waals surface area contributed by atoms with Crippen LogP contribution in [0.5, 0.6) is 0 Å². The highest BCUT2D eigenvalue weighted by atomic mass is 32.1. The van der Waals surface area contributed by atoms with Gasteiger partial charge < -0.3 is 5.32 Å². The van der Waals surface area contributed by atoms with Gasteiger partial charge in [-0.3, -0.25) is 0 Å². The van der Waals surface area contributed by atoms with Gasteiger partial charge in [0.1, 0.15) is 11.6 Å². The lowest BCUT2D eigenvalue weighted by molar-refractivity contribution is 0.540. The second-order valence-electron chi connectivity index (χ2n) is 4.15. The molecule has 2 aromatic rings. The molecule has 0 aliphatic carbocycles. The Labute approximate surface area is 109 Å². The lowest BCUT2D eigenvalue weighted by atomic mass is 10.0. The average Bonchev–Trinajstić information content (AvgIpc) is 2.80. The van der Waals surface area contributed by atoms with Gasteiger partial charge in [-0.1, -0.05) is 6.92 Å². The Kier molecular flexibility index (Phi) is 4.44. The van der Waals surface area contributed by atoms with E-state index in [1.807, 2.05) is 18.4 Å². The Morgan fingerprint density at radius 3 is 2.50 bits per heavy atom. The Morgan fingerprint density at radius 2 is 1.94 bits per heavy atom. The van der Waals surface area contributed by atoms with Gasteiger partial charge in [0.2, 0.25) is 0 Å². The third-order valence-corrected chi connectivity index (χ3v) is 3.46. The van der Waals surface area contributed by atoms with E-state index in [9.17, 15) is 8.78 Å². The Bertz CT molecular complexity index is 476. The topological polar surface area (TPSA) is 12.0 Å². The molecule has 1 unspecified atom stereocenters. The summed E-state index contributed by atoms with van der Waals surface area (Å²) in [6, 6.07) is 5.81. The smallest absolute Gasteiger partial charge is 0.126 e. The summed E-state index contributed by atoms with van der Waals surface area (Å²) in [4.78, 5) is 0. The zero-order chi connectivity index (χ0) is 13.0. The summed E-state index contributed by atoms with van der Waals surface area (Å²) in [5.74, 6) is -1.05. The van der Waals surface area contributed by atoms with Crippen LogP contribution in [-0.4, -0.2) is 6.54 Å². The van der Waals surface area contributed by atoms with E-state index in [0.29, 0.717) is 12.0 Å². The first-order chi connectivity index (χ1) is 8.69. The summed E-state index contributed by atoms with van der Waals surface area (Å²) in [6.45, 7) is 2.84. The molecule has 1 nitrogen and oxygen atoms in total. The number of benzene rings is 1. The van der Waals surface area contributed by atoms with Crippen molar-refractivity contribution in [3.63, 3.8) is 0 Å². The SMILES string of the molecule is CCNC(Cc1cc(F)cc(F)c1)c1ccsc1. The van der Waals surface area contributed by atoms with E-state index < -0.39 is 11.6 Å². The minimum Gasteiger partial charge on any atom is -0.310 e. The third kappa shape index (κ3) is 3.37. The van der Waals surface area contributed by atoms with Gasteiger partial charge in [0, 0.05) is 12.1 Å². The molecular weight excluding hydrogens is 252 g/mol. The Morgan fingerprint density at radius 1 is 1.22 bits per heavy atom. The minimum absolute atomic E-state index is 0.0995. The molecule has 0 bridgehead atoms. The van der Waals surface area contributed by atoms with E-state index in [0.717, 1.165) is 18.2 Å². The van der Waals surface area contributed by atoms with Crippen LogP contribution in [0.15, 0.2) is 35.0 Å². The van der Waals surface area contributed by atoms with Gasteiger partial charge in [0.25, 0.3) is 0 Å². The molecule has 2 rings (SSSR count). The van der Waals surface area contributed by atoms with Crippen LogP contribution < -0.4 is 5.32 Å². The van der Waals surface area contributed by atoms with Crippen LogP contribution >= 0.6 is 11.3 Å². The highest BCUT2D eigenvalue weighted by Crippen LogP contribution is 2.21. The molecule has 1 aromatic heterocycles. The number of nitrogens with one attached hydrogen (secondary N) is 1. The van der Waals surface area contributed by atoms with Crippen LogP contribution in [0.2, 0.25) is 0 Å². The quantitative estimate of drug-likeness (QED) is 0.865. The summed E-state index contributed by atoms with van der Waals surface area (Å²) in [5, 5.41) is 7.40. The number of hydrogen-bond donors (Lipinski definition) is 1. The largest absolute Gasteiger partial charge is 0.310 e. The van der Waals surface area contributed by atoms with E-state index in [-0.39, 0.29) is 6.04 Å². The maximum absolute atomic E-state index is 13.1. The van der Waals surface area contributed by atoms with Crippen LogP contribution in [0.4, 0.5) is 8.78 Å². The van der Waals surface area contributed by atoms with E-state index >= 15 is 0 Å². The number of likely N-dealkylation sites (N-methyl/N-ethyl adjacent to an activating group) is 1. The predicted molar refractivity (Wildman–Crippen MR) is 70.8 cm³/mol. The summed E-state index contributed by atoms with van der Waals surface area (Å²) < 4.78 is 26.3. The first kappa shape index (κ1) is 13.2. The molecule has 1 heterocycles.